The Hall–Kier alpha value is -2.08. The summed E-state index contributed by atoms with van der Waals surface area (Å²) in [5, 5.41) is 16.1. The largest absolute Gasteiger partial charge is 0.485 e. The summed E-state index contributed by atoms with van der Waals surface area (Å²) in [7, 11) is 1.85. The molecular weight excluding hydrogens is 462 g/mol. The molecule has 4 aliphatic carbocycles. The SMILES string of the molecule is CO[C@@]12CC[C@]3(C[C@@H]1[C@](C)(O)C(C)(C)C)[C@@H]1Cc4ccc(OCc5ccccc5)c5c4[C@]3(CCN1)[C@@H]2O5. The summed E-state index contributed by atoms with van der Waals surface area (Å²) in [6.07, 6.45) is 4.87. The number of fused-ring (bicyclic) bond motifs is 2. The molecule has 0 unspecified atom stereocenters. The molecule has 4 bridgehead atoms. The van der Waals surface area contributed by atoms with E-state index in [1.807, 2.05) is 20.1 Å². The van der Waals surface area contributed by atoms with Gasteiger partial charge in [-0.3, -0.25) is 0 Å². The molecule has 0 aromatic heterocycles. The van der Waals surface area contributed by atoms with E-state index in [4.69, 9.17) is 14.2 Å². The second-order valence-electron chi connectivity index (χ2n) is 13.6. The van der Waals surface area contributed by atoms with Gasteiger partial charge in [0.15, 0.2) is 11.5 Å². The molecule has 5 nitrogen and oxygen atoms in total. The second kappa shape index (κ2) is 7.52. The van der Waals surface area contributed by atoms with Crippen LogP contribution >= 0.6 is 0 Å². The average Bonchev–Trinajstić information content (AvgIpc) is 3.24. The Labute approximate surface area is 220 Å². The lowest BCUT2D eigenvalue weighted by atomic mass is 9.33. The first kappa shape index (κ1) is 24.0. The Morgan fingerprint density at radius 1 is 1.05 bits per heavy atom. The second-order valence-corrected chi connectivity index (χ2v) is 13.6. The van der Waals surface area contributed by atoms with Crippen molar-refractivity contribution in [1.82, 2.24) is 5.32 Å². The molecule has 2 N–H and O–H groups in total. The van der Waals surface area contributed by atoms with Crippen LogP contribution in [0.3, 0.4) is 0 Å². The van der Waals surface area contributed by atoms with Crippen LogP contribution in [0.2, 0.25) is 0 Å². The molecule has 1 saturated heterocycles. The Morgan fingerprint density at radius 2 is 1.84 bits per heavy atom. The Balaban J connectivity index is 1.40. The van der Waals surface area contributed by atoms with Crippen LogP contribution in [0.5, 0.6) is 11.5 Å². The van der Waals surface area contributed by atoms with Gasteiger partial charge >= 0.3 is 0 Å². The fourth-order valence-corrected chi connectivity index (χ4v) is 9.36. The van der Waals surface area contributed by atoms with Crippen molar-refractivity contribution in [3.8, 4) is 11.5 Å². The molecule has 4 fully saturated rings. The van der Waals surface area contributed by atoms with E-state index < -0.39 is 11.2 Å². The maximum Gasteiger partial charge on any atom is 0.166 e. The molecule has 0 radical (unpaired) electrons. The predicted octanol–water partition coefficient (Wildman–Crippen LogP) is 5.16. The van der Waals surface area contributed by atoms with E-state index in [1.54, 1.807) is 0 Å². The Morgan fingerprint density at radius 3 is 2.57 bits per heavy atom. The van der Waals surface area contributed by atoms with Crippen LogP contribution in [0.25, 0.3) is 0 Å². The molecule has 37 heavy (non-hydrogen) atoms. The first-order valence-electron chi connectivity index (χ1n) is 14.1. The average molecular weight is 504 g/mol. The number of rotatable bonds is 5. The maximum atomic E-state index is 12.2. The summed E-state index contributed by atoms with van der Waals surface area (Å²) in [6.45, 7) is 10.0. The fourth-order valence-electron chi connectivity index (χ4n) is 9.36. The van der Waals surface area contributed by atoms with Crippen LogP contribution in [-0.2, 0) is 23.2 Å². The molecule has 8 rings (SSSR count). The van der Waals surface area contributed by atoms with Gasteiger partial charge in [0.1, 0.15) is 18.3 Å². The third-order valence-corrected chi connectivity index (χ3v) is 11.6. The van der Waals surface area contributed by atoms with Gasteiger partial charge < -0.3 is 24.6 Å². The first-order chi connectivity index (χ1) is 17.6. The maximum absolute atomic E-state index is 12.2. The minimum absolute atomic E-state index is 0.0242. The minimum atomic E-state index is -0.905. The highest BCUT2D eigenvalue weighted by Gasteiger charge is 2.81. The highest BCUT2D eigenvalue weighted by atomic mass is 16.6. The molecule has 0 amide bonds. The van der Waals surface area contributed by atoms with Crippen molar-refractivity contribution in [2.24, 2.45) is 16.7 Å². The minimum Gasteiger partial charge on any atom is -0.485 e. The molecule has 5 heteroatoms. The van der Waals surface area contributed by atoms with E-state index in [2.05, 4.69) is 62.5 Å². The molecule has 2 aromatic rings. The molecule has 6 aliphatic rings. The lowest BCUT2D eigenvalue weighted by molar-refractivity contribution is -0.303. The van der Waals surface area contributed by atoms with Crippen molar-refractivity contribution in [3.63, 3.8) is 0 Å². The number of benzene rings is 2. The van der Waals surface area contributed by atoms with Crippen molar-refractivity contribution in [3.05, 3.63) is 59.2 Å². The van der Waals surface area contributed by atoms with E-state index in [1.165, 1.54) is 11.1 Å². The number of nitrogens with one attached hydrogen (secondary N) is 1. The highest BCUT2D eigenvalue weighted by molar-refractivity contribution is 5.63. The number of hydrogen-bond acceptors (Lipinski definition) is 5. The normalized spacial score (nSPS) is 38.5. The van der Waals surface area contributed by atoms with Gasteiger partial charge in [-0.15, -0.1) is 0 Å². The lowest BCUT2D eigenvalue weighted by Gasteiger charge is -2.74. The summed E-state index contributed by atoms with van der Waals surface area (Å²) < 4.78 is 20.3. The third kappa shape index (κ3) is 2.76. The van der Waals surface area contributed by atoms with Crippen LogP contribution in [-0.4, -0.2) is 42.1 Å². The van der Waals surface area contributed by atoms with Gasteiger partial charge in [0.05, 0.1) is 5.60 Å². The summed E-state index contributed by atoms with van der Waals surface area (Å²) in [4.78, 5) is 0. The summed E-state index contributed by atoms with van der Waals surface area (Å²) in [5.74, 6) is 1.75. The van der Waals surface area contributed by atoms with E-state index in [0.29, 0.717) is 12.6 Å². The first-order valence-corrected chi connectivity index (χ1v) is 14.1. The van der Waals surface area contributed by atoms with Crippen molar-refractivity contribution in [2.45, 2.75) is 95.2 Å². The molecule has 3 saturated carbocycles. The molecule has 2 aliphatic heterocycles. The van der Waals surface area contributed by atoms with Crippen LogP contribution in [0.1, 0.15) is 70.1 Å². The summed E-state index contributed by atoms with van der Waals surface area (Å²) >= 11 is 0. The fraction of sp³-hybridized carbons (Fsp3) is 0.625. The molecule has 2 heterocycles. The quantitative estimate of drug-likeness (QED) is 0.590. The van der Waals surface area contributed by atoms with Gasteiger partial charge in [0.2, 0.25) is 0 Å². The van der Waals surface area contributed by atoms with Crippen molar-refractivity contribution in [1.29, 1.82) is 0 Å². The topological polar surface area (TPSA) is 60.0 Å². The third-order valence-electron chi connectivity index (χ3n) is 11.6. The molecule has 2 spiro atoms. The van der Waals surface area contributed by atoms with E-state index >= 15 is 0 Å². The highest BCUT2D eigenvalue weighted by Crippen LogP contribution is 2.77. The van der Waals surface area contributed by atoms with Gasteiger partial charge in [-0.05, 0) is 68.2 Å². The van der Waals surface area contributed by atoms with Crippen LogP contribution < -0.4 is 14.8 Å². The van der Waals surface area contributed by atoms with Crippen LogP contribution in [0, 0.1) is 16.7 Å². The Kier molecular flexibility index (Phi) is 4.88. The number of piperidine rings is 1. The standard InChI is InChI=1S/C32H41NO4/c1-28(2,3)29(4,34)23-18-30-13-14-32(23,35-5)27-31(30)15-16-33-24(30)17-21-11-12-22(26(37-27)25(21)31)36-19-20-9-7-6-8-10-20/h6-12,23-24,27,33-34H,13-19H2,1-5H3/t23-,24+,27+,29+,30+,31-,32+/m1/s1. The van der Waals surface area contributed by atoms with Crippen molar-refractivity contribution >= 4 is 0 Å². The molecule has 2 aromatic carbocycles. The van der Waals surface area contributed by atoms with Crippen LogP contribution in [0.4, 0.5) is 0 Å². The van der Waals surface area contributed by atoms with Gasteiger partial charge in [0, 0.05) is 35.5 Å². The lowest BCUT2D eigenvalue weighted by Crippen LogP contribution is -2.83. The number of methoxy groups -OCH3 is 1. The van der Waals surface area contributed by atoms with E-state index in [-0.39, 0.29) is 28.3 Å². The van der Waals surface area contributed by atoms with Gasteiger partial charge in [-0.2, -0.15) is 0 Å². The monoisotopic (exact) mass is 503 g/mol. The van der Waals surface area contributed by atoms with Crippen molar-refractivity contribution < 1.29 is 19.3 Å². The Bertz CT molecular complexity index is 1240. The van der Waals surface area contributed by atoms with Crippen molar-refractivity contribution in [2.75, 3.05) is 13.7 Å². The number of aliphatic hydroxyl groups is 1. The predicted molar refractivity (Wildman–Crippen MR) is 143 cm³/mol. The van der Waals surface area contributed by atoms with Gasteiger partial charge in [-0.25, -0.2) is 0 Å². The smallest absolute Gasteiger partial charge is 0.166 e. The van der Waals surface area contributed by atoms with Gasteiger partial charge in [0.25, 0.3) is 0 Å². The van der Waals surface area contributed by atoms with Gasteiger partial charge in [-0.1, -0.05) is 57.2 Å². The molecule has 7 atom stereocenters. The zero-order valence-corrected chi connectivity index (χ0v) is 22.9. The van der Waals surface area contributed by atoms with E-state index in [9.17, 15) is 5.11 Å². The van der Waals surface area contributed by atoms with Crippen LogP contribution in [0.15, 0.2) is 42.5 Å². The molecular formula is C32H41NO4. The zero-order valence-electron chi connectivity index (χ0n) is 22.9. The summed E-state index contributed by atoms with van der Waals surface area (Å²) in [6, 6.07) is 15.1. The summed E-state index contributed by atoms with van der Waals surface area (Å²) in [5.41, 5.74) is 2.10. The molecule has 198 valence electrons. The van der Waals surface area contributed by atoms with E-state index in [0.717, 1.165) is 55.7 Å². The number of ether oxygens (including phenoxy) is 3. The number of hydrogen-bond donors (Lipinski definition) is 2. The zero-order chi connectivity index (χ0) is 25.8.